The van der Waals surface area contributed by atoms with Gasteiger partial charge in [0.05, 0.1) is 11.1 Å². The van der Waals surface area contributed by atoms with Crippen molar-refractivity contribution in [3.63, 3.8) is 0 Å². The van der Waals surface area contributed by atoms with Crippen molar-refractivity contribution < 1.29 is 39.3 Å². The fourth-order valence-electron chi connectivity index (χ4n) is 2.25. The van der Waals surface area contributed by atoms with E-state index in [1.165, 1.54) is 0 Å². The van der Waals surface area contributed by atoms with Crippen molar-refractivity contribution in [2.24, 2.45) is 0 Å². The summed E-state index contributed by atoms with van der Waals surface area (Å²) in [5.41, 5.74) is 4.47. The molecule has 0 atom stereocenters. The Bertz CT molecular complexity index is 968. The second kappa shape index (κ2) is 6.06. The summed E-state index contributed by atoms with van der Waals surface area (Å²) < 4.78 is 110. The van der Waals surface area contributed by atoms with Crippen LogP contribution in [0.25, 0.3) is 11.1 Å². The normalized spacial score (nSPS) is 13.0. The van der Waals surface area contributed by atoms with Gasteiger partial charge in [-0.2, -0.15) is 34.8 Å². The van der Waals surface area contributed by atoms with Gasteiger partial charge in [-0.3, -0.25) is 4.55 Å². The number of hydrogen-bond donors (Lipinski definition) is 3. The first kappa shape index (κ1) is 19.8. The van der Waals surface area contributed by atoms with E-state index >= 15 is 0 Å². The van der Waals surface area contributed by atoms with Crippen LogP contribution in [0.1, 0.15) is 11.1 Å². The first-order valence-corrected chi connectivity index (χ1v) is 8.01. The molecule has 0 bridgehead atoms. The van der Waals surface area contributed by atoms with Gasteiger partial charge in [0.2, 0.25) is 0 Å². The Labute approximate surface area is 143 Å². The predicted octanol–water partition coefficient (Wildman–Crippen LogP) is 3.80. The highest BCUT2D eigenvalue weighted by atomic mass is 32.2. The molecule has 5 N–H and O–H groups in total. The first-order chi connectivity index (χ1) is 11.6. The Hall–Kier alpha value is -2.47. The highest BCUT2D eigenvalue weighted by Gasteiger charge is 2.36. The Balaban J connectivity index is 2.88. The Morgan fingerprint density at radius 2 is 1.31 bits per heavy atom. The van der Waals surface area contributed by atoms with E-state index in [4.69, 9.17) is 11.5 Å². The van der Waals surface area contributed by atoms with Crippen molar-refractivity contribution in [3.05, 3.63) is 41.5 Å². The smallest absolute Gasteiger partial charge is 0.398 e. The lowest BCUT2D eigenvalue weighted by Gasteiger charge is -2.17. The average Bonchev–Trinajstić information content (AvgIpc) is 2.44. The standard InChI is InChI=1S/C14H10F6N2O3S/c15-13(16,17)8-3-6(1-2-10(8)21)7-4-9(14(18,19)20)11(22)5-12(7)26(23,24)25/h1-5H,21-22H2,(H,23,24,25). The number of anilines is 2. The van der Waals surface area contributed by atoms with Crippen LogP contribution in [0.4, 0.5) is 37.7 Å². The van der Waals surface area contributed by atoms with Gasteiger partial charge in [0.25, 0.3) is 10.1 Å². The van der Waals surface area contributed by atoms with Crippen molar-refractivity contribution in [1.82, 2.24) is 0 Å². The van der Waals surface area contributed by atoms with Crippen molar-refractivity contribution in [1.29, 1.82) is 0 Å². The van der Waals surface area contributed by atoms with Gasteiger partial charge in [-0.1, -0.05) is 6.07 Å². The average molecular weight is 400 g/mol. The summed E-state index contributed by atoms with van der Waals surface area (Å²) in [6.07, 6.45) is -9.93. The summed E-state index contributed by atoms with van der Waals surface area (Å²) in [5.74, 6) is 0. The van der Waals surface area contributed by atoms with Crippen LogP contribution in [0.5, 0.6) is 0 Å². The molecule has 142 valence electrons. The minimum absolute atomic E-state index is 0.254. The van der Waals surface area contributed by atoms with Crippen LogP contribution in [-0.4, -0.2) is 13.0 Å². The minimum atomic E-state index is -5.08. The zero-order valence-electron chi connectivity index (χ0n) is 12.5. The molecule has 0 aliphatic carbocycles. The number of nitrogens with two attached hydrogens (primary N) is 2. The van der Waals surface area contributed by atoms with E-state index in [9.17, 15) is 39.3 Å². The maximum atomic E-state index is 13.0. The molecule has 0 saturated carbocycles. The van der Waals surface area contributed by atoms with Gasteiger partial charge in [0, 0.05) is 16.9 Å². The van der Waals surface area contributed by atoms with Gasteiger partial charge < -0.3 is 11.5 Å². The largest absolute Gasteiger partial charge is 0.418 e. The lowest BCUT2D eigenvalue weighted by molar-refractivity contribution is -0.137. The zero-order valence-corrected chi connectivity index (χ0v) is 13.3. The van der Waals surface area contributed by atoms with Crippen LogP contribution < -0.4 is 11.5 Å². The Morgan fingerprint density at radius 3 is 1.77 bits per heavy atom. The molecular formula is C14H10F6N2O3S. The summed E-state index contributed by atoms with van der Waals surface area (Å²) in [6.45, 7) is 0. The summed E-state index contributed by atoms with van der Waals surface area (Å²) in [5, 5.41) is 0. The van der Waals surface area contributed by atoms with E-state index in [1.807, 2.05) is 0 Å². The van der Waals surface area contributed by atoms with Crippen molar-refractivity contribution >= 4 is 21.5 Å². The van der Waals surface area contributed by atoms with Gasteiger partial charge >= 0.3 is 12.4 Å². The quantitative estimate of drug-likeness (QED) is 0.404. The molecular weight excluding hydrogens is 390 g/mol. The summed E-state index contributed by atoms with van der Waals surface area (Å²) >= 11 is 0. The van der Waals surface area contributed by atoms with Crippen LogP contribution >= 0.6 is 0 Å². The molecule has 0 saturated heterocycles. The second-order valence-electron chi connectivity index (χ2n) is 5.21. The summed E-state index contributed by atoms with van der Waals surface area (Å²) in [6, 6.07) is 2.62. The summed E-state index contributed by atoms with van der Waals surface area (Å²) in [4.78, 5) is -1.07. The number of nitrogen functional groups attached to an aromatic ring is 2. The van der Waals surface area contributed by atoms with E-state index < -0.39 is 61.0 Å². The third-order valence-electron chi connectivity index (χ3n) is 3.40. The van der Waals surface area contributed by atoms with Crippen LogP contribution in [0.3, 0.4) is 0 Å². The predicted molar refractivity (Wildman–Crippen MR) is 80.5 cm³/mol. The zero-order chi connectivity index (χ0) is 20.1. The number of alkyl halides is 6. The van der Waals surface area contributed by atoms with Gasteiger partial charge in [-0.05, 0) is 29.8 Å². The molecule has 0 heterocycles. The molecule has 26 heavy (non-hydrogen) atoms. The third kappa shape index (κ3) is 3.85. The van der Waals surface area contributed by atoms with E-state index in [2.05, 4.69) is 0 Å². The lowest BCUT2D eigenvalue weighted by Crippen LogP contribution is -2.12. The van der Waals surface area contributed by atoms with Gasteiger partial charge in [0.1, 0.15) is 4.90 Å². The molecule has 12 heteroatoms. The van der Waals surface area contributed by atoms with E-state index in [-0.39, 0.29) is 6.07 Å². The Kier molecular flexibility index (Phi) is 4.62. The number of halogens is 6. The molecule has 0 unspecified atom stereocenters. The highest BCUT2D eigenvalue weighted by molar-refractivity contribution is 7.86. The van der Waals surface area contributed by atoms with Crippen molar-refractivity contribution in [2.75, 3.05) is 11.5 Å². The van der Waals surface area contributed by atoms with E-state index in [1.54, 1.807) is 0 Å². The van der Waals surface area contributed by atoms with Crippen LogP contribution in [0.15, 0.2) is 35.2 Å². The van der Waals surface area contributed by atoms with Crippen molar-refractivity contribution in [2.45, 2.75) is 17.2 Å². The van der Waals surface area contributed by atoms with Gasteiger partial charge in [-0.15, -0.1) is 0 Å². The van der Waals surface area contributed by atoms with Crippen LogP contribution in [-0.2, 0) is 22.5 Å². The molecule has 2 rings (SSSR count). The SMILES string of the molecule is Nc1ccc(-c2cc(C(F)(F)F)c(N)cc2S(=O)(=O)O)cc1C(F)(F)F. The maximum absolute atomic E-state index is 13.0. The monoisotopic (exact) mass is 400 g/mol. The van der Waals surface area contributed by atoms with Crippen molar-refractivity contribution in [3.8, 4) is 11.1 Å². The fraction of sp³-hybridized carbons (Fsp3) is 0.143. The number of hydrogen-bond acceptors (Lipinski definition) is 4. The molecule has 0 fully saturated rings. The molecule has 0 amide bonds. The maximum Gasteiger partial charge on any atom is 0.418 e. The molecule has 0 aliphatic rings. The topological polar surface area (TPSA) is 106 Å². The number of rotatable bonds is 2. The first-order valence-electron chi connectivity index (χ1n) is 6.57. The van der Waals surface area contributed by atoms with E-state index in [0.29, 0.717) is 12.1 Å². The number of benzene rings is 2. The van der Waals surface area contributed by atoms with Gasteiger partial charge in [-0.25, -0.2) is 0 Å². The molecule has 0 spiro atoms. The molecule has 5 nitrogen and oxygen atoms in total. The van der Waals surface area contributed by atoms with E-state index in [0.717, 1.165) is 12.1 Å². The third-order valence-corrected chi connectivity index (χ3v) is 4.30. The van der Waals surface area contributed by atoms with Crippen LogP contribution in [0.2, 0.25) is 0 Å². The Morgan fingerprint density at radius 1 is 0.808 bits per heavy atom. The molecule has 2 aromatic carbocycles. The fourth-order valence-corrected chi connectivity index (χ4v) is 2.98. The van der Waals surface area contributed by atoms with Gasteiger partial charge in [0.15, 0.2) is 0 Å². The highest BCUT2D eigenvalue weighted by Crippen LogP contribution is 2.42. The molecule has 0 aliphatic heterocycles. The molecule has 0 aromatic heterocycles. The molecule has 0 radical (unpaired) electrons. The molecule has 2 aromatic rings. The van der Waals surface area contributed by atoms with Crippen LogP contribution in [0, 0.1) is 0 Å². The minimum Gasteiger partial charge on any atom is -0.398 e. The lowest BCUT2D eigenvalue weighted by atomic mass is 9.98. The summed E-state index contributed by atoms with van der Waals surface area (Å²) in [7, 11) is -5.08. The second-order valence-corrected chi connectivity index (χ2v) is 6.60.